The number of nitrogens with zero attached hydrogens (tertiary/aromatic N) is 1. The molecule has 0 radical (unpaired) electrons. The molecule has 0 atom stereocenters. The summed E-state index contributed by atoms with van der Waals surface area (Å²) in [7, 11) is -2.51. The highest BCUT2D eigenvalue weighted by molar-refractivity contribution is 7.89. The minimum Gasteiger partial charge on any atom is -0.497 e. The van der Waals surface area contributed by atoms with E-state index in [-0.39, 0.29) is 22.2 Å². The molecule has 0 spiro atoms. The van der Waals surface area contributed by atoms with Gasteiger partial charge in [0.15, 0.2) is 0 Å². The van der Waals surface area contributed by atoms with E-state index in [2.05, 4.69) is 5.32 Å². The molecule has 3 aromatic carbocycles. The average molecular weight is 463 g/mol. The fourth-order valence-corrected chi connectivity index (χ4v) is 4.41. The minimum atomic E-state index is -4.00. The maximum atomic E-state index is 13.3. The molecule has 0 bridgehead atoms. The number of benzene rings is 3. The molecule has 0 heterocycles. The Hall–Kier alpha value is -2.94. The van der Waals surface area contributed by atoms with Gasteiger partial charge in [-0.25, -0.2) is 12.8 Å². The highest BCUT2D eigenvalue weighted by Gasteiger charge is 2.27. The Morgan fingerprint density at radius 3 is 2.35 bits per heavy atom. The van der Waals surface area contributed by atoms with Gasteiger partial charge in [0.25, 0.3) is 0 Å². The second-order valence-electron chi connectivity index (χ2n) is 6.61. The lowest BCUT2D eigenvalue weighted by Crippen LogP contribution is -2.37. The Morgan fingerprint density at radius 1 is 1.06 bits per heavy atom. The molecular formula is C22H20ClFN2O4S. The number of methoxy groups -OCH3 is 1. The summed E-state index contributed by atoms with van der Waals surface area (Å²) in [5.74, 6) is -0.692. The van der Waals surface area contributed by atoms with Crippen LogP contribution < -0.4 is 10.1 Å². The monoisotopic (exact) mass is 462 g/mol. The predicted octanol–water partition coefficient (Wildman–Crippen LogP) is 4.32. The van der Waals surface area contributed by atoms with E-state index in [1.54, 1.807) is 24.3 Å². The van der Waals surface area contributed by atoms with Crippen LogP contribution in [-0.2, 0) is 21.4 Å². The standard InChI is InChI=1S/C22H20ClFN2O4S/c1-30-18-8-10-19(11-9-18)31(28,29)26(14-16-5-3-2-4-6-16)15-22(27)25-17-7-12-21(24)20(23)13-17/h2-13H,14-15H2,1H3,(H,25,27). The van der Waals surface area contributed by atoms with Crippen molar-refractivity contribution >= 4 is 33.2 Å². The topological polar surface area (TPSA) is 75.7 Å². The van der Waals surface area contributed by atoms with Crippen LogP contribution in [0.15, 0.2) is 77.7 Å². The van der Waals surface area contributed by atoms with E-state index in [9.17, 15) is 17.6 Å². The van der Waals surface area contributed by atoms with E-state index in [0.29, 0.717) is 5.75 Å². The highest BCUT2D eigenvalue weighted by Crippen LogP contribution is 2.22. The fourth-order valence-electron chi connectivity index (χ4n) is 2.84. The molecule has 6 nitrogen and oxygen atoms in total. The molecule has 3 aromatic rings. The number of nitrogens with one attached hydrogen (secondary N) is 1. The summed E-state index contributed by atoms with van der Waals surface area (Å²) in [6, 6.07) is 18.6. The van der Waals surface area contributed by atoms with Crippen molar-refractivity contribution in [1.82, 2.24) is 4.31 Å². The first kappa shape index (κ1) is 22.7. The number of hydrogen-bond donors (Lipinski definition) is 1. The quantitative estimate of drug-likeness (QED) is 0.541. The van der Waals surface area contributed by atoms with Crippen molar-refractivity contribution in [3.05, 3.63) is 89.2 Å². The average Bonchev–Trinajstić information content (AvgIpc) is 2.76. The molecule has 9 heteroatoms. The van der Waals surface area contributed by atoms with Crippen LogP contribution in [0.1, 0.15) is 5.56 Å². The smallest absolute Gasteiger partial charge is 0.243 e. The van der Waals surface area contributed by atoms with Crippen LogP contribution in [0.5, 0.6) is 5.75 Å². The number of ether oxygens (including phenoxy) is 1. The van der Waals surface area contributed by atoms with Crippen LogP contribution in [0.2, 0.25) is 5.02 Å². The second-order valence-corrected chi connectivity index (χ2v) is 8.96. The van der Waals surface area contributed by atoms with Gasteiger partial charge in [0.1, 0.15) is 11.6 Å². The molecule has 31 heavy (non-hydrogen) atoms. The number of amides is 1. The van der Waals surface area contributed by atoms with E-state index in [1.807, 2.05) is 6.07 Å². The molecule has 0 saturated carbocycles. The highest BCUT2D eigenvalue weighted by atomic mass is 35.5. The summed E-state index contributed by atoms with van der Waals surface area (Å²) >= 11 is 5.74. The summed E-state index contributed by atoms with van der Waals surface area (Å²) < 4.78 is 46.0. The molecule has 0 fully saturated rings. The van der Waals surface area contributed by atoms with Gasteiger partial charge in [-0.15, -0.1) is 0 Å². The molecule has 0 aromatic heterocycles. The lowest BCUT2D eigenvalue weighted by molar-refractivity contribution is -0.116. The zero-order valence-corrected chi connectivity index (χ0v) is 18.2. The van der Waals surface area contributed by atoms with Crippen LogP contribution >= 0.6 is 11.6 Å². The van der Waals surface area contributed by atoms with Crippen molar-refractivity contribution in [2.24, 2.45) is 0 Å². The molecule has 0 aliphatic rings. The Bertz CT molecular complexity index is 1160. The van der Waals surface area contributed by atoms with Crippen LogP contribution in [0.3, 0.4) is 0 Å². The van der Waals surface area contributed by atoms with Gasteiger partial charge in [-0.1, -0.05) is 41.9 Å². The van der Waals surface area contributed by atoms with Crippen LogP contribution in [0.4, 0.5) is 10.1 Å². The molecule has 1 N–H and O–H groups in total. The van der Waals surface area contributed by atoms with Gasteiger partial charge in [0.05, 0.1) is 23.6 Å². The molecule has 0 aliphatic carbocycles. The number of rotatable bonds is 8. The second kappa shape index (κ2) is 9.91. The Kier molecular flexibility index (Phi) is 7.27. The summed E-state index contributed by atoms with van der Waals surface area (Å²) in [5.41, 5.74) is 0.982. The van der Waals surface area contributed by atoms with E-state index >= 15 is 0 Å². The molecule has 162 valence electrons. The number of carbonyl (C=O) groups is 1. The van der Waals surface area contributed by atoms with E-state index in [4.69, 9.17) is 16.3 Å². The predicted molar refractivity (Wildman–Crippen MR) is 117 cm³/mol. The normalized spacial score (nSPS) is 11.4. The van der Waals surface area contributed by atoms with Gasteiger partial charge >= 0.3 is 0 Å². The van der Waals surface area contributed by atoms with Gasteiger partial charge in [-0.05, 0) is 48.0 Å². The molecule has 0 unspecified atom stereocenters. The lowest BCUT2D eigenvalue weighted by Gasteiger charge is -2.22. The first-order valence-electron chi connectivity index (χ1n) is 9.22. The first-order chi connectivity index (χ1) is 14.8. The van der Waals surface area contributed by atoms with Gasteiger partial charge in [-0.3, -0.25) is 4.79 Å². The van der Waals surface area contributed by atoms with Gasteiger partial charge in [0.2, 0.25) is 15.9 Å². The largest absolute Gasteiger partial charge is 0.497 e. The number of hydrogen-bond acceptors (Lipinski definition) is 4. The first-order valence-corrected chi connectivity index (χ1v) is 11.0. The maximum absolute atomic E-state index is 13.3. The zero-order valence-electron chi connectivity index (χ0n) is 16.6. The van der Waals surface area contributed by atoms with Crippen LogP contribution in [-0.4, -0.2) is 32.3 Å². The summed E-state index contributed by atoms with van der Waals surface area (Å²) in [6.07, 6.45) is 0. The molecular weight excluding hydrogens is 443 g/mol. The third kappa shape index (κ3) is 5.81. The van der Waals surface area contributed by atoms with Crippen molar-refractivity contribution in [2.75, 3.05) is 19.0 Å². The molecule has 0 saturated heterocycles. The fraction of sp³-hybridized carbons (Fsp3) is 0.136. The molecule has 3 rings (SSSR count). The van der Waals surface area contributed by atoms with Crippen molar-refractivity contribution in [1.29, 1.82) is 0 Å². The van der Waals surface area contributed by atoms with E-state index in [0.717, 1.165) is 15.9 Å². The van der Waals surface area contributed by atoms with E-state index < -0.39 is 28.3 Å². The van der Waals surface area contributed by atoms with Crippen LogP contribution in [0, 0.1) is 5.82 Å². The summed E-state index contributed by atoms with van der Waals surface area (Å²) in [5, 5.41) is 2.40. The van der Waals surface area contributed by atoms with Crippen molar-refractivity contribution < 1.29 is 22.3 Å². The SMILES string of the molecule is COc1ccc(S(=O)(=O)N(CC(=O)Nc2ccc(F)c(Cl)c2)Cc2ccccc2)cc1. The minimum absolute atomic E-state index is 0.00715. The van der Waals surface area contributed by atoms with Crippen molar-refractivity contribution in [2.45, 2.75) is 11.4 Å². The number of sulfonamides is 1. The summed E-state index contributed by atoms with van der Waals surface area (Å²) in [6.45, 7) is -0.453. The maximum Gasteiger partial charge on any atom is 0.243 e. The number of anilines is 1. The Balaban J connectivity index is 1.86. The summed E-state index contributed by atoms with van der Waals surface area (Å²) in [4.78, 5) is 12.6. The third-order valence-corrected chi connectivity index (χ3v) is 6.52. The number of halogens is 2. The zero-order chi connectivity index (χ0) is 22.4. The Morgan fingerprint density at radius 2 is 1.74 bits per heavy atom. The molecule has 1 amide bonds. The van der Waals surface area contributed by atoms with Crippen molar-refractivity contribution in [3.63, 3.8) is 0 Å². The van der Waals surface area contributed by atoms with Crippen molar-refractivity contribution in [3.8, 4) is 5.75 Å². The van der Waals surface area contributed by atoms with E-state index in [1.165, 1.54) is 43.5 Å². The lowest BCUT2D eigenvalue weighted by atomic mass is 10.2. The third-order valence-electron chi connectivity index (χ3n) is 4.42. The van der Waals surface area contributed by atoms with Gasteiger partial charge in [-0.2, -0.15) is 4.31 Å². The van der Waals surface area contributed by atoms with Gasteiger partial charge < -0.3 is 10.1 Å². The van der Waals surface area contributed by atoms with Crippen LogP contribution in [0.25, 0.3) is 0 Å². The van der Waals surface area contributed by atoms with Gasteiger partial charge in [0, 0.05) is 12.2 Å². The Labute approximate surface area is 185 Å². The molecule has 0 aliphatic heterocycles. The number of carbonyl (C=O) groups excluding carboxylic acids is 1.